The number of carbonyl (C=O) groups is 6. The largest absolute Gasteiger partial charge is 0.481 e. The lowest BCUT2D eigenvalue weighted by Crippen LogP contribution is -2.58. The number of likely N-dealkylation sites (tertiary alicyclic amines) is 1. The van der Waals surface area contributed by atoms with Gasteiger partial charge in [-0.2, -0.15) is 5.10 Å². The highest BCUT2D eigenvalue weighted by atomic mass is 16.6. The molecule has 3 fully saturated rings. The average Bonchev–Trinajstić information content (AvgIpc) is 3.48. The van der Waals surface area contributed by atoms with Gasteiger partial charge in [0.2, 0.25) is 17.7 Å². The number of carboxylic acids is 1. The molecule has 16 nitrogen and oxygen atoms in total. The van der Waals surface area contributed by atoms with Crippen molar-refractivity contribution in [3.63, 3.8) is 0 Å². The first-order valence-electron chi connectivity index (χ1n) is 16.2. The van der Waals surface area contributed by atoms with Gasteiger partial charge in [-0.05, 0) is 44.7 Å². The molecule has 0 bridgehead atoms. The summed E-state index contributed by atoms with van der Waals surface area (Å²) in [5.41, 5.74) is 0.437. The maximum Gasteiger partial charge on any atom is 0.409 e. The third kappa shape index (κ3) is 8.41. The minimum atomic E-state index is -1.17. The lowest BCUT2D eigenvalue weighted by Gasteiger charge is -2.39. The number of carboxylic acid groups (broad SMARTS) is 1. The number of nitrogens with zero attached hydrogens (tertiary/aromatic N) is 5. The highest BCUT2D eigenvalue weighted by molar-refractivity contribution is 5.96. The fraction of sp³-hybridized carbons (Fsp3) is 0.531. The van der Waals surface area contributed by atoms with Crippen molar-refractivity contribution in [1.29, 1.82) is 0 Å². The molecule has 3 heterocycles. The molecular formula is C32H41N7O9. The smallest absolute Gasteiger partial charge is 0.409 e. The molecule has 2 saturated heterocycles. The van der Waals surface area contributed by atoms with Gasteiger partial charge in [0.1, 0.15) is 6.04 Å². The van der Waals surface area contributed by atoms with E-state index in [1.165, 1.54) is 25.4 Å². The first-order valence-corrected chi connectivity index (χ1v) is 16.2. The number of amides is 5. The Labute approximate surface area is 277 Å². The van der Waals surface area contributed by atoms with Gasteiger partial charge < -0.3 is 39.9 Å². The van der Waals surface area contributed by atoms with Crippen molar-refractivity contribution in [3.05, 3.63) is 42.1 Å². The number of hydrogen-bond acceptors (Lipinski definition) is 9. The van der Waals surface area contributed by atoms with Crippen LogP contribution in [-0.2, 0) is 23.9 Å². The van der Waals surface area contributed by atoms with Gasteiger partial charge in [0.25, 0.3) is 11.8 Å². The van der Waals surface area contributed by atoms with Gasteiger partial charge in [-0.25, -0.2) is 9.48 Å². The van der Waals surface area contributed by atoms with Crippen LogP contribution in [0.25, 0.3) is 5.69 Å². The standard InChI is InChI=1S/C32H41N7O9/c1-2-47-32(46)37-15-13-36(14-16-37)31(45)24(11-12-28(41)42)34-30(44)25-17-27(39(35-25)23-9-4-3-5-10-23)48-20-26(40)38-18-21(19-38)29(43)33-22-7-6-8-22/h3-5,9-10,17,21-22,24H,2,6-8,11-16,18-20H2,1H3,(H,33,43)(H,34,44)(H,41,42). The molecule has 0 spiro atoms. The first kappa shape index (κ1) is 34.2. The average molecular weight is 668 g/mol. The van der Waals surface area contributed by atoms with Crippen LogP contribution in [0.2, 0.25) is 0 Å². The molecule has 1 aromatic carbocycles. The summed E-state index contributed by atoms with van der Waals surface area (Å²) < 4.78 is 12.2. The number of para-hydroxylation sites is 1. The molecule has 1 atom stereocenters. The van der Waals surface area contributed by atoms with Crippen molar-refractivity contribution in [3.8, 4) is 11.6 Å². The Bertz CT molecular complexity index is 1500. The summed E-state index contributed by atoms with van der Waals surface area (Å²) in [7, 11) is 0. The van der Waals surface area contributed by atoms with Crippen molar-refractivity contribution < 1.29 is 43.3 Å². The van der Waals surface area contributed by atoms with Crippen LogP contribution in [0.15, 0.2) is 36.4 Å². The Hall–Kier alpha value is -5.15. The van der Waals surface area contributed by atoms with Crippen molar-refractivity contribution in [2.24, 2.45) is 5.92 Å². The molecule has 258 valence electrons. The van der Waals surface area contributed by atoms with Crippen LogP contribution in [0.1, 0.15) is 49.5 Å². The van der Waals surface area contributed by atoms with Crippen LogP contribution in [0.5, 0.6) is 5.88 Å². The fourth-order valence-electron chi connectivity index (χ4n) is 5.58. The van der Waals surface area contributed by atoms with Gasteiger partial charge in [0.05, 0.1) is 18.2 Å². The van der Waals surface area contributed by atoms with E-state index >= 15 is 0 Å². The van der Waals surface area contributed by atoms with E-state index in [2.05, 4.69) is 15.7 Å². The molecule has 16 heteroatoms. The molecular weight excluding hydrogens is 626 g/mol. The summed E-state index contributed by atoms with van der Waals surface area (Å²) in [6.45, 7) is 3.02. The molecule has 2 aliphatic heterocycles. The second-order valence-electron chi connectivity index (χ2n) is 12.0. The van der Waals surface area contributed by atoms with Crippen molar-refractivity contribution >= 4 is 35.7 Å². The van der Waals surface area contributed by atoms with Gasteiger partial charge in [0.15, 0.2) is 12.3 Å². The lowest BCUT2D eigenvalue weighted by molar-refractivity contribution is -0.145. The summed E-state index contributed by atoms with van der Waals surface area (Å²) >= 11 is 0. The van der Waals surface area contributed by atoms with Crippen molar-refractivity contribution in [2.75, 3.05) is 52.5 Å². The number of nitrogens with one attached hydrogen (secondary N) is 2. The Kier molecular flexibility index (Phi) is 11.1. The highest BCUT2D eigenvalue weighted by Crippen LogP contribution is 2.23. The van der Waals surface area contributed by atoms with Crippen LogP contribution in [0.3, 0.4) is 0 Å². The predicted molar refractivity (Wildman–Crippen MR) is 168 cm³/mol. The number of aliphatic carboxylic acids is 1. The number of hydrogen-bond donors (Lipinski definition) is 3. The molecule has 3 N–H and O–H groups in total. The summed E-state index contributed by atoms with van der Waals surface area (Å²) in [5, 5.41) is 19.3. The first-order chi connectivity index (χ1) is 23.1. The third-order valence-electron chi connectivity index (χ3n) is 8.68. The molecule has 0 radical (unpaired) electrons. The van der Waals surface area contributed by atoms with Crippen LogP contribution < -0.4 is 15.4 Å². The Morgan fingerprint density at radius 2 is 1.67 bits per heavy atom. The molecule has 5 rings (SSSR count). The minimum Gasteiger partial charge on any atom is -0.481 e. The molecule has 1 saturated carbocycles. The Morgan fingerprint density at radius 3 is 2.29 bits per heavy atom. The normalized spacial score (nSPS) is 17.1. The molecule has 1 aromatic heterocycles. The fourth-order valence-corrected chi connectivity index (χ4v) is 5.58. The van der Waals surface area contributed by atoms with E-state index in [9.17, 15) is 33.9 Å². The van der Waals surface area contributed by atoms with Gasteiger partial charge in [-0.1, -0.05) is 18.2 Å². The van der Waals surface area contributed by atoms with Crippen LogP contribution >= 0.6 is 0 Å². The van der Waals surface area contributed by atoms with Gasteiger partial charge in [0, 0.05) is 57.8 Å². The van der Waals surface area contributed by atoms with Crippen LogP contribution in [0, 0.1) is 5.92 Å². The van der Waals surface area contributed by atoms with Crippen LogP contribution in [0.4, 0.5) is 4.79 Å². The molecule has 2 aromatic rings. The Morgan fingerprint density at radius 1 is 0.979 bits per heavy atom. The van der Waals surface area contributed by atoms with E-state index in [-0.39, 0.29) is 87.6 Å². The maximum atomic E-state index is 13.5. The Balaban J connectivity index is 1.23. The quantitative estimate of drug-likeness (QED) is 0.273. The second-order valence-corrected chi connectivity index (χ2v) is 12.0. The number of aromatic nitrogens is 2. The lowest BCUT2D eigenvalue weighted by atomic mass is 9.91. The summed E-state index contributed by atoms with van der Waals surface area (Å²) in [6, 6.07) is 9.21. The second kappa shape index (κ2) is 15.6. The topological polar surface area (TPSA) is 193 Å². The summed E-state index contributed by atoms with van der Waals surface area (Å²) in [6.07, 6.45) is 2.08. The van der Waals surface area contributed by atoms with Gasteiger partial charge in [-0.3, -0.25) is 24.0 Å². The minimum absolute atomic E-state index is 0.0402. The zero-order valence-electron chi connectivity index (χ0n) is 26.8. The van der Waals surface area contributed by atoms with Crippen LogP contribution in [-0.4, -0.2) is 130 Å². The SMILES string of the molecule is CCOC(=O)N1CCN(C(=O)C(CCC(=O)O)NC(=O)c2cc(OCC(=O)N3CC(C(=O)NC4CCC4)C3)n(-c3ccccc3)n2)CC1. The van der Waals surface area contributed by atoms with Crippen molar-refractivity contribution in [1.82, 2.24) is 35.1 Å². The third-order valence-corrected chi connectivity index (χ3v) is 8.68. The monoisotopic (exact) mass is 667 g/mol. The molecule has 48 heavy (non-hydrogen) atoms. The molecule has 1 aliphatic carbocycles. The van der Waals surface area contributed by atoms with Gasteiger partial charge >= 0.3 is 12.1 Å². The number of piperazine rings is 1. The number of carbonyl (C=O) groups excluding carboxylic acids is 5. The van der Waals surface area contributed by atoms with E-state index < -0.39 is 29.9 Å². The van der Waals surface area contributed by atoms with E-state index in [0.717, 1.165) is 19.3 Å². The number of rotatable bonds is 13. The molecule has 5 amide bonds. The molecule has 1 unspecified atom stereocenters. The number of benzene rings is 1. The predicted octanol–water partition coefficient (Wildman–Crippen LogP) is 0.642. The maximum absolute atomic E-state index is 13.5. The van der Waals surface area contributed by atoms with E-state index in [1.807, 2.05) is 0 Å². The van der Waals surface area contributed by atoms with Crippen molar-refractivity contribution in [2.45, 2.75) is 51.1 Å². The molecule has 3 aliphatic rings. The van der Waals surface area contributed by atoms with E-state index in [4.69, 9.17) is 9.47 Å². The van der Waals surface area contributed by atoms with E-state index in [0.29, 0.717) is 18.8 Å². The summed E-state index contributed by atoms with van der Waals surface area (Å²) in [5.74, 6) is -2.86. The van der Waals surface area contributed by atoms with E-state index in [1.54, 1.807) is 37.3 Å². The highest BCUT2D eigenvalue weighted by Gasteiger charge is 2.37. The number of ether oxygens (including phenoxy) is 2. The zero-order valence-corrected chi connectivity index (χ0v) is 26.8. The summed E-state index contributed by atoms with van der Waals surface area (Å²) in [4.78, 5) is 80.1. The zero-order chi connectivity index (χ0) is 34.2. The van der Waals surface area contributed by atoms with Gasteiger partial charge in [-0.15, -0.1) is 0 Å².